The number of halogens is 5. The summed E-state index contributed by atoms with van der Waals surface area (Å²) in [6, 6.07) is 14.9. The summed E-state index contributed by atoms with van der Waals surface area (Å²) < 4.78 is 71.0. The molecule has 0 spiro atoms. The van der Waals surface area contributed by atoms with Gasteiger partial charge in [-0.15, -0.1) is 0 Å². The first-order chi connectivity index (χ1) is 18.0. The molecule has 38 heavy (non-hydrogen) atoms. The van der Waals surface area contributed by atoms with E-state index in [4.69, 9.17) is 0 Å². The van der Waals surface area contributed by atoms with Crippen molar-refractivity contribution >= 4 is 16.7 Å². The van der Waals surface area contributed by atoms with E-state index in [9.17, 15) is 26.7 Å². The van der Waals surface area contributed by atoms with E-state index in [2.05, 4.69) is 9.88 Å². The summed E-state index contributed by atoms with van der Waals surface area (Å²) in [5, 5.41) is 0. The average molecular weight is 529 g/mol. The highest BCUT2D eigenvalue weighted by atomic mass is 19.4. The highest BCUT2D eigenvalue weighted by Crippen LogP contribution is 2.39. The number of anilines is 1. The van der Waals surface area contributed by atoms with Crippen molar-refractivity contribution in [2.75, 3.05) is 31.1 Å². The van der Waals surface area contributed by atoms with Gasteiger partial charge in [0.2, 0.25) is 0 Å². The summed E-state index contributed by atoms with van der Waals surface area (Å²) in [6.07, 6.45) is -4.87. The molecule has 1 saturated heterocycles. The third-order valence-corrected chi connectivity index (χ3v) is 7.00. The van der Waals surface area contributed by atoms with E-state index in [1.165, 1.54) is 31.3 Å². The van der Waals surface area contributed by atoms with E-state index >= 15 is 0 Å². The van der Waals surface area contributed by atoms with E-state index in [-0.39, 0.29) is 30.3 Å². The van der Waals surface area contributed by atoms with Crippen molar-refractivity contribution < 1.29 is 22.0 Å². The predicted octanol–water partition coefficient (Wildman–Crippen LogP) is 5.45. The molecule has 0 amide bonds. The molecule has 1 fully saturated rings. The zero-order valence-electron chi connectivity index (χ0n) is 20.8. The molecule has 0 bridgehead atoms. The van der Waals surface area contributed by atoms with Crippen molar-refractivity contribution in [2.45, 2.75) is 19.1 Å². The number of pyridine rings is 2. The smallest absolute Gasteiger partial charge is 0.366 e. The van der Waals surface area contributed by atoms with Crippen LogP contribution in [0, 0.1) is 18.6 Å². The lowest BCUT2D eigenvalue weighted by Gasteiger charge is -2.41. The van der Waals surface area contributed by atoms with Crippen LogP contribution in [0.4, 0.5) is 27.6 Å². The first-order valence-electron chi connectivity index (χ1n) is 12.1. The molecule has 3 heterocycles. The Balaban J connectivity index is 1.54. The van der Waals surface area contributed by atoms with Crippen molar-refractivity contribution in [3.8, 4) is 0 Å². The normalized spacial score (nSPS) is 15.0. The van der Waals surface area contributed by atoms with Crippen molar-refractivity contribution in [3.63, 3.8) is 0 Å². The van der Waals surface area contributed by atoms with E-state index < -0.39 is 28.9 Å². The highest BCUT2D eigenvalue weighted by Gasteiger charge is 2.41. The van der Waals surface area contributed by atoms with Crippen molar-refractivity contribution in [2.24, 2.45) is 7.05 Å². The number of benzene rings is 2. The van der Waals surface area contributed by atoms with Gasteiger partial charge in [-0.3, -0.25) is 9.69 Å². The summed E-state index contributed by atoms with van der Waals surface area (Å²) in [5.41, 5.74) is -0.0206. The van der Waals surface area contributed by atoms with Gasteiger partial charge in [0.15, 0.2) is 0 Å². The number of rotatable bonds is 4. The molecule has 1 aliphatic heterocycles. The van der Waals surface area contributed by atoms with Gasteiger partial charge in [0.05, 0.1) is 17.2 Å². The first kappa shape index (κ1) is 25.8. The summed E-state index contributed by atoms with van der Waals surface area (Å²) in [7, 11) is 1.31. The minimum absolute atomic E-state index is 0.126. The number of alkyl halides is 3. The Hall–Kier alpha value is -3.79. The Morgan fingerprint density at radius 2 is 1.34 bits per heavy atom. The number of hydrogen-bond acceptors (Lipinski definition) is 4. The number of piperazine rings is 1. The SMILES string of the molecule is Cc1ccc2c(n1)c(N1CCN(C(c3ccc(F)cc3)c3ccc(F)cc3)CC1)c(C(F)(F)F)c(=O)n2C. The summed E-state index contributed by atoms with van der Waals surface area (Å²) in [4.78, 5) is 20.9. The van der Waals surface area contributed by atoms with Crippen molar-refractivity contribution in [1.82, 2.24) is 14.5 Å². The van der Waals surface area contributed by atoms with Crippen LogP contribution in [0.15, 0.2) is 65.5 Å². The summed E-state index contributed by atoms with van der Waals surface area (Å²) in [6.45, 7) is 2.77. The summed E-state index contributed by atoms with van der Waals surface area (Å²) >= 11 is 0. The first-order valence-corrected chi connectivity index (χ1v) is 12.1. The van der Waals surface area contributed by atoms with Gasteiger partial charge in [-0.05, 0) is 54.4 Å². The van der Waals surface area contributed by atoms with E-state index in [1.807, 2.05) is 0 Å². The molecule has 10 heteroatoms. The molecular formula is C28H25F5N4O. The largest absolute Gasteiger partial charge is 0.423 e. The van der Waals surface area contributed by atoms with Crippen LogP contribution in [0.1, 0.15) is 28.4 Å². The Morgan fingerprint density at radius 1 is 0.816 bits per heavy atom. The molecule has 4 aromatic rings. The van der Waals surface area contributed by atoms with Gasteiger partial charge in [0.25, 0.3) is 5.56 Å². The number of fused-ring (bicyclic) bond motifs is 1. The standard InChI is InChI=1S/C28H25F5N4O/c1-17-3-12-22-24(34-17)26(23(28(31,32)33)27(38)35(22)2)37-15-13-36(14-16-37)25(18-4-8-20(29)9-5-18)19-6-10-21(30)11-7-19/h3-12,25H,13-16H2,1-2H3. The minimum atomic E-state index is -4.87. The Kier molecular flexibility index (Phi) is 6.68. The number of aromatic nitrogens is 2. The van der Waals surface area contributed by atoms with E-state index in [1.54, 1.807) is 48.2 Å². The lowest BCUT2D eigenvalue weighted by atomic mass is 9.96. The number of hydrogen-bond donors (Lipinski definition) is 0. The van der Waals surface area contributed by atoms with Gasteiger partial charge in [-0.25, -0.2) is 13.8 Å². The van der Waals surface area contributed by atoms with Gasteiger partial charge < -0.3 is 9.47 Å². The van der Waals surface area contributed by atoms with Crippen LogP contribution >= 0.6 is 0 Å². The molecule has 0 radical (unpaired) electrons. The van der Waals surface area contributed by atoms with Gasteiger partial charge in [0.1, 0.15) is 22.7 Å². The maximum atomic E-state index is 14.2. The third-order valence-electron chi connectivity index (χ3n) is 7.00. The average Bonchev–Trinajstić information content (AvgIpc) is 2.88. The second-order valence-corrected chi connectivity index (χ2v) is 9.43. The molecule has 198 valence electrons. The molecule has 5 nitrogen and oxygen atoms in total. The zero-order chi connectivity index (χ0) is 27.2. The van der Waals surface area contributed by atoms with Crippen LogP contribution in [0.25, 0.3) is 11.0 Å². The highest BCUT2D eigenvalue weighted by molar-refractivity contribution is 5.90. The molecule has 0 atom stereocenters. The Bertz CT molecular complexity index is 1480. The predicted molar refractivity (Wildman–Crippen MR) is 135 cm³/mol. The molecule has 0 aliphatic carbocycles. The minimum Gasteiger partial charge on any atom is -0.366 e. The second-order valence-electron chi connectivity index (χ2n) is 9.43. The molecule has 0 unspecified atom stereocenters. The number of nitrogens with zero attached hydrogens (tertiary/aromatic N) is 4. The van der Waals surface area contributed by atoms with Gasteiger partial charge >= 0.3 is 6.18 Å². The summed E-state index contributed by atoms with van der Waals surface area (Å²) in [5.74, 6) is -0.784. The van der Waals surface area contributed by atoms with Gasteiger partial charge in [0, 0.05) is 38.9 Å². The van der Waals surface area contributed by atoms with Crippen LogP contribution in [0.3, 0.4) is 0 Å². The van der Waals surface area contributed by atoms with Gasteiger partial charge in [-0.1, -0.05) is 24.3 Å². The Labute approximate surface area is 215 Å². The molecule has 0 saturated carbocycles. The molecular weight excluding hydrogens is 503 g/mol. The molecule has 2 aromatic heterocycles. The van der Waals surface area contributed by atoms with Gasteiger partial charge in [-0.2, -0.15) is 13.2 Å². The fourth-order valence-electron chi connectivity index (χ4n) is 5.16. The molecule has 5 rings (SSSR count). The van der Waals surface area contributed by atoms with Crippen LogP contribution in [0.5, 0.6) is 0 Å². The topological polar surface area (TPSA) is 41.4 Å². The second kappa shape index (κ2) is 9.83. The third kappa shape index (κ3) is 4.76. The fourth-order valence-corrected chi connectivity index (χ4v) is 5.16. The fraction of sp³-hybridized carbons (Fsp3) is 0.286. The van der Waals surface area contributed by atoms with Crippen LogP contribution in [-0.4, -0.2) is 40.6 Å². The molecule has 0 N–H and O–H groups in total. The lowest BCUT2D eigenvalue weighted by Crippen LogP contribution is -2.49. The van der Waals surface area contributed by atoms with Crippen LogP contribution in [0.2, 0.25) is 0 Å². The Morgan fingerprint density at radius 3 is 1.84 bits per heavy atom. The van der Waals surface area contributed by atoms with E-state index in [0.29, 0.717) is 24.3 Å². The van der Waals surface area contributed by atoms with Crippen LogP contribution in [-0.2, 0) is 13.2 Å². The number of aryl methyl sites for hydroxylation is 2. The quantitative estimate of drug-likeness (QED) is 0.331. The lowest BCUT2D eigenvalue weighted by molar-refractivity contribution is -0.138. The molecule has 1 aliphatic rings. The monoisotopic (exact) mass is 528 g/mol. The van der Waals surface area contributed by atoms with E-state index in [0.717, 1.165) is 15.7 Å². The zero-order valence-corrected chi connectivity index (χ0v) is 20.8. The maximum absolute atomic E-state index is 14.2. The maximum Gasteiger partial charge on any atom is 0.423 e. The van der Waals surface area contributed by atoms with Crippen LogP contribution < -0.4 is 10.5 Å². The van der Waals surface area contributed by atoms with Crippen molar-refractivity contribution in [3.05, 3.63) is 105 Å². The molecule has 2 aromatic carbocycles. The van der Waals surface area contributed by atoms with Crippen molar-refractivity contribution in [1.29, 1.82) is 0 Å².